The van der Waals surface area contributed by atoms with E-state index in [4.69, 9.17) is 14.2 Å². The van der Waals surface area contributed by atoms with Gasteiger partial charge in [0.05, 0.1) is 20.3 Å². The van der Waals surface area contributed by atoms with Gasteiger partial charge in [-0.3, -0.25) is 0 Å². The van der Waals surface area contributed by atoms with E-state index in [1.807, 2.05) is 12.1 Å². The predicted octanol–water partition coefficient (Wildman–Crippen LogP) is 1.74. The van der Waals surface area contributed by atoms with Gasteiger partial charge in [0.2, 0.25) is 0 Å². The first-order valence-corrected chi connectivity index (χ1v) is 6.61. The Morgan fingerprint density at radius 2 is 1.79 bits per heavy atom. The maximum absolute atomic E-state index is 5.28. The second-order valence-corrected chi connectivity index (χ2v) is 4.57. The molecule has 1 unspecified atom stereocenters. The number of hydrogen-bond acceptors (Lipinski definition) is 4. The molecule has 1 aromatic carbocycles. The Labute approximate surface area is 116 Å². The summed E-state index contributed by atoms with van der Waals surface area (Å²) in [7, 11) is 5.14. The van der Waals surface area contributed by atoms with Crippen LogP contribution in [-0.4, -0.2) is 47.6 Å². The quantitative estimate of drug-likeness (QED) is 0.655. The molecule has 1 atom stereocenters. The van der Waals surface area contributed by atoms with Gasteiger partial charge in [-0.05, 0) is 30.0 Å². The summed E-state index contributed by atoms with van der Waals surface area (Å²) in [6.45, 7) is 3.30. The van der Waals surface area contributed by atoms with Crippen LogP contribution < -0.4 is 10.1 Å². The van der Waals surface area contributed by atoms with E-state index in [2.05, 4.69) is 17.4 Å². The van der Waals surface area contributed by atoms with Gasteiger partial charge in [0.15, 0.2) is 0 Å². The highest BCUT2D eigenvalue weighted by atomic mass is 16.5. The Balaban J connectivity index is 2.42. The third-order valence-electron chi connectivity index (χ3n) is 3.00. The molecule has 0 heterocycles. The van der Waals surface area contributed by atoms with Gasteiger partial charge in [0.1, 0.15) is 5.75 Å². The number of hydrogen-bond donors (Lipinski definition) is 1. The van der Waals surface area contributed by atoms with Crippen molar-refractivity contribution in [2.24, 2.45) is 5.92 Å². The highest BCUT2D eigenvalue weighted by Gasteiger charge is 2.09. The number of ether oxygens (including phenoxy) is 3. The van der Waals surface area contributed by atoms with Gasteiger partial charge in [0, 0.05) is 27.3 Å². The van der Waals surface area contributed by atoms with Crippen molar-refractivity contribution in [2.45, 2.75) is 6.42 Å². The minimum absolute atomic E-state index is 0.468. The fraction of sp³-hybridized carbons (Fsp3) is 0.600. The molecule has 19 heavy (non-hydrogen) atoms. The SMILES string of the molecule is COCCNCC(COC)Cc1ccc(OC)cc1. The lowest BCUT2D eigenvalue weighted by Crippen LogP contribution is -2.29. The Hall–Kier alpha value is -1.10. The summed E-state index contributed by atoms with van der Waals surface area (Å²) in [4.78, 5) is 0. The third-order valence-corrected chi connectivity index (χ3v) is 3.00. The molecule has 0 aliphatic rings. The lowest BCUT2D eigenvalue weighted by atomic mass is 10.00. The maximum Gasteiger partial charge on any atom is 0.118 e. The van der Waals surface area contributed by atoms with Crippen molar-refractivity contribution in [3.63, 3.8) is 0 Å². The van der Waals surface area contributed by atoms with E-state index in [9.17, 15) is 0 Å². The smallest absolute Gasteiger partial charge is 0.118 e. The van der Waals surface area contributed by atoms with E-state index < -0.39 is 0 Å². The summed E-state index contributed by atoms with van der Waals surface area (Å²) in [5, 5.41) is 3.38. The van der Waals surface area contributed by atoms with Crippen LogP contribution in [0, 0.1) is 5.92 Å². The molecule has 4 heteroatoms. The molecule has 0 spiro atoms. The van der Waals surface area contributed by atoms with Crippen LogP contribution in [0.4, 0.5) is 0 Å². The molecule has 1 rings (SSSR count). The molecule has 0 saturated carbocycles. The van der Waals surface area contributed by atoms with Gasteiger partial charge >= 0.3 is 0 Å². The van der Waals surface area contributed by atoms with Crippen molar-refractivity contribution < 1.29 is 14.2 Å². The van der Waals surface area contributed by atoms with Gasteiger partial charge in [-0.1, -0.05) is 12.1 Å². The lowest BCUT2D eigenvalue weighted by molar-refractivity contribution is 0.147. The van der Waals surface area contributed by atoms with Crippen LogP contribution >= 0.6 is 0 Å². The van der Waals surface area contributed by atoms with Crippen molar-refractivity contribution in [2.75, 3.05) is 47.6 Å². The summed E-state index contributed by atoms with van der Waals surface area (Å²) in [5.41, 5.74) is 1.30. The molecule has 0 radical (unpaired) electrons. The number of methoxy groups -OCH3 is 3. The van der Waals surface area contributed by atoms with E-state index in [0.717, 1.165) is 38.5 Å². The summed E-state index contributed by atoms with van der Waals surface area (Å²) >= 11 is 0. The zero-order chi connectivity index (χ0) is 13.9. The first-order chi connectivity index (χ1) is 9.30. The molecule has 0 aromatic heterocycles. The largest absolute Gasteiger partial charge is 0.497 e. The summed E-state index contributed by atoms with van der Waals surface area (Å²) in [5.74, 6) is 1.36. The van der Waals surface area contributed by atoms with Crippen LogP contribution in [0.2, 0.25) is 0 Å². The van der Waals surface area contributed by atoms with E-state index in [1.165, 1.54) is 5.56 Å². The molecule has 0 amide bonds. The van der Waals surface area contributed by atoms with Crippen LogP contribution in [0.5, 0.6) is 5.75 Å². The third kappa shape index (κ3) is 6.57. The molecule has 0 bridgehead atoms. The Morgan fingerprint density at radius 1 is 1.05 bits per heavy atom. The van der Waals surface area contributed by atoms with E-state index >= 15 is 0 Å². The maximum atomic E-state index is 5.28. The number of rotatable bonds is 10. The van der Waals surface area contributed by atoms with Crippen LogP contribution in [-0.2, 0) is 15.9 Å². The van der Waals surface area contributed by atoms with E-state index in [1.54, 1.807) is 21.3 Å². The molecule has 1 N–H and O–H groups in total. The summed E-state index contributed by atoms with van der Waals surface area (Å²) in [6.07, 6.45) is 0.998. The first-order valence-electron chi connectivity index (χ1n) is 6.61. The molecule has 0 aliphatic carbocycles. The highest BCUT2D eigenvalue weighted by Crippen LogP contribution is 2.14. The van der Waals surface area contributed by atoms with Crippen LogP contribution in [0.25, 0.3) is 0 Å². The monoisotopic (exact) mass is 267 g/mol. The van der Waals surface area contributed by atoms with E-state index in [-0.39, 0.29) is 0 Å². The molecule has 1 aromatic rings. The molecule has 0 aliphatic heterocycles. The van der Waals surface area contributed by atoms with Crippen molar-refractivity contribution in [3.8, 4) is 5.75 Å². The molecule has 0 saturated heterocycles. The van der Waals surface area contributed by atoms with E-state index in [0.29, 0.717) is 5.92 Å². The fourth-order valence-corrected chi connectivity index (χ4v) is 2.00. The van der Waals surface area contributed by atoms with Crippen molar-refractivity contribution in [3.05, 3.63) is 29.8 Å². The average molecular weight is 267 g/mol. The van der Waals surface area contributed by atoms with Gasteiger partial charge in [-0.2, -0.15) is 0 Å². The molecular formula is C15H25NO3. The van der Waals surface area contributed by atoms with Crippen molar-refractivity contribution >= 4 is 0 Å². The lowest BCUT2D eigenvalue weighted by Gasteiger charge is -2.17. The average Bonchev–Trinajstić information content (AvgIpc) is 2.44. The van der Waals surface area contributed by atoms with Crippen molar-refractivity contribution in [1.82, 2.24) is 5.32 Å². The van der Waals surface area contributed by atoms with Gasteiger partial charge in [0.25, 0.3) is 0 Å². The summed E-state index contributed by atoms with van der Waals surface area (Å²) in [6, 6.07) is 8.21. The minimum Gasteiger partial charge on any atom is -0.497 e. The second kappa shape index (κ2) is 9.78. The normalized spacial score (nSPS) is 12.4. The number of benzene rings is 1. The van der Waals surface area contributed by atoms with Crippen LogP contribution in [0.3, 0.4) is 0 Å². The zero-order valence-electron chi connectivity index (χ0n) is 12.1. The second-order valence-electron chi connectivity index (χ2n) is 4.57. The van der Waals surface area contributed by atoms with Crippen molar-refractivity contribution in [1.29, 1.82) is 0 Å². The molecule has 108 valence electrons. The standard InChI is InChI=1S/C15H25NO3/c1-17-9-8-16-11-14(12-18-2)10-13-4-6-15(19-3)7-5-13/h4-7,14,16H,8-12H2,1-3H3. The highest BCUT2D eigenvalue weighted by molar-refractivity contribution is 5.27. The Kier molecular flexibility index (Phi) is 8.21. The fourth-order valence-electron chi connectivity index (χ4n) is 2.00. The van der Waals surface area contributed by atoms with Crippen LogP contribution in [0.1, 0.15) is 5.56 Å². The molecule has 4 nitrogen and oxygen atoms in total. The summed E-state index contributed by atoms with van der Waals surface area (Å²) < 4.78 is 15.5. The zero-order valence-corrected chi connectivity index (χ0v) is 12.1. The first kappa shape index (κ1) is 16.0. The Morgan fingerprint density at radius 3 is 2.37 bits per heavy atom. The molecular weight excluding hydrogens is 242 g/mol. The van der Waals surface area contributed by atoms with Gasteiger partial charge in [-0.25, -0.2) is 0 Å². The topological polar surface area (TPSA) is 39.7 Å². The Bertz CT molecular complexity index is 327. The van der Waals surface area contributed by atoms with Crippen LogP contribution in [0.15, 0.2) is 24.3 Å². The minimum atomic E-state index is 0.468. The molecule has 0 fully saturated rings. The van der Waals surface area contributed by atoms with Gasteiger partial charge < -0.3 is 19.5 Å². The van der Waals surface area contributed by atoms with Gasteiger partial charge in [-0.15, -0.1) is 0 Å². The number of nitrogens with one attached hydrogen (secondary N) is 1. The predicted molar refractivity (Wildman–Crippen MR) is 76.8 cm³/mol.